The second-order valence-corrected chi connectivity index (χ2v) is 7.96. The van der Waals surface area contributed by atoms with Crippen molar-refractivity contribution in [3.63, 3.8) is 0 Å². The van der Waals surface area contributed by atoms with Gasteiger partial charge in [-0.25, -0.2) is 5.01 Å². The van der Waals surface area contributed by atoms with Gasteiger partial charge in [-0.1, -0.05) is 66.6 Å². The van der Waals surface area contributed by atoms with Crippen LogP contribution < -0.4 is 0 Å². The zero-order valence-corrected chi connectivity index (χ0v) is 18.9. The van der Waals surface area contributed by atoms with Gasteiger partial charge in [-0.05, 0) is 18.6 Å². The molecule has 0 aromatic heterocycles. The zero-order chi connectivity index (χ0) is 22.4. The number of amides is 2. The molecule has 1 aliphatic rings. The maximum Gasteiger partial charge on any atom is 0.262 e. The summed E-state index contributed by atoms with van der Waals surface area (Å²) >= 11 is 6.40. The zero-order valence-electron chi connectivity index (χ0n) is 18.2. The van der Waals surface area contributed by atoms with Crippen molar-refractivity contribution in [3.05, 3.63) is 70.2 Å². The summed E-state index contributed by atoms with van der Waals surface area (Å²) in [5, 5.41) is 6.77. The lowest BCUT2D eigenvalue weighted by atomic mass is 9.97. The maximum atomic E-state index is 13.3. The molecule has 0 saturated heterocycles. The van der Waals surface area contributed by atoms with Gasteiger partial charge in [0.2, 0.25) is 5.91 Å². The summed E-state index contributed by atoms with van der Waals surface area (Å²) < 4.78 is 5.10. The summed E-state index contributed by atoms with van der Waals surface area (Å²) in [6, 6.07) is 15.3. The lowest BCUT2D eigenvalue weighted by Crippen LogP contribution is -2.42. The number of ether oxygens (including phenoxy) is 1. The van der Waals surface area contributed by atoms with Crippen LogP contribution >= 0.6 is 11.6 Å². The summed E-state index contributed by atoms with van der Waals surface area (Å²) in [5.74, 6) is -0.322. The molecule has 2 amide bonds. The number of carbonyl (C=O) groups is 2. The molecule has 0 fully saturated rings. The number of carbonyl (C=O) groups excluding carboxylic acids is 2. The lowest BCUT2D eigenvalue weighted by Gasteiger charge is -2.26. The van der Waals surface area contributed by atoms with Crippen molar-refractivity contribution in [2.45, 2.75) is 32.7 Å². The summed E-state index contributed by atoms with van der Waals surface area (Å²) in [5.41, 5.74) is 3.72. The third kappa shape index (κ3) is 5.51. The van der Waals surface area contributed by atoms with Gasteiger partial charge in [-0.15, -0.1) is 0 Å². The molecule has 0 aliphatic carbocycles. The molecule has 6 nitrogen and oxygen atoms in total. The first kappa shape index (κ1) is 23.0. The fourth-order valence-electron chi connectivity index (χ4n) is 3.60. The minimum Gasteiger partial charge on any atom is -0.383 e. The first-order chi connectivity index (χ1) is 14.9. The highest BCUT2D eigenvalue weighted by Gasteiger charge is 2.34. The van der Waals surface area contributed by atoms with E-state index in [0.717, 1.165) is 22.4 Å². The van der Waals surface area contributed by atoms with Gasteiger partial charge < -0.3 is 9.64 Å². The average Bonchev–Trinajstić information content (AvgIpc) is 3.22. The van der Waals surface area contributed by atoms with Gasteiger partial charge in [0, 0.05) is 37.1 Å². The summed E-state index contributed by atoms with van der Waals surface area (Å²) in [6.07, 6.45) is 0.880. The maximum absolute atomic E-state index is 13.3. The van der Waals surface area contributed by atoms with E-state index in [-0.39, 0.29) is 24.4 Å². The van der Waals surface area contributed by atoms with Crippen LogP contribution in [-0.4, -0.2) is 54.2 Å². The summed E-state index contributed by atoms with van der Waals surface area (Å²) in [4.78, 5) is 27.2. The highest BCUT2D eigenvalue weighted by Crippen LogP contribution is 2.34. The molecular weight excluding hydrogens is 414 g/mol. The predicted molar refractivity (Wildman–Crippen MR) is 122 cm³/mol. The van der Waals surface area contributed by atoms with E-state index in [2.05, 4.69) is 5.10 Å². The van der Waals surface area contributed by atoms with Crippen LogP contribution in [0.4, 0.5) is 0 Å². The molecule has 0 N–H and O–H groups in total. The molecular formula is C24H28ClN3O3. The average molecular weight is 442 g/mol. The Hall–Kier alpha value is -2.70. The highest BCUT2D eigenvalue weighted by molar-refractivity contribution is 6.34. The Labute approximate surface area is 188 Å². The molecule has 31 heavy (non-hydrogen) atoms. The molecule has 164 valence electrons. The molecule has 3 rings (SSSR count). The number of nitrogens with zero attached hydrogens (tertiary/aromatic N) is 3. The van der Waals surface area contributed by atoms with Crippen molar-refractivity contribution in [2.24, 2.45) is 5.10 Å². The monoisotopic (exact) mass is 441 g/mol. The molecule has 0 bridgehead atoms. The van der Waals surface area contributed by atoms with Gasteiger partial charge in [0.05, 0.1) is 18.4 Å². The Morgan fingerprint density at radius 3 is 2.55 bits per heavy atom. The van der Waals surface area contributed by atoms with Crippen molar-refractivity contribution >= 4 is 29.1 Å². The Kier molecular flexibility index (Phi) is 7.82. The summed E-state index contributed by atoms with van der Waals surface area (Å²) in [7, 11) is 1.57. The van der Waals surface area contributed by atoms with Crippen LogP contribution in [0.2, 0.25) is 5.02 Å². The Bertz CT molecular complexity index is 959. The molecule has 0 unspecified atom stereocenters. The number of hydrazone groups is 1. The van der Waals surface area contributed by atoms with E-state index in [1.54, 1.807) is 14.0 Å². The van der Waals surface area contributed by atoms with E-state index >= 15 is 0 Å². The van der Waals surface area contributed by atoms with Gasteiger partial charge in [0.15, 0.2) is 0 Å². The van der Waals surface area contributed by atoms with Crippen LogP contribution in [0.1, 0.15) is 42.5 Å². The topological polar surface area (TPSA) is 62.2 Å². The van der Waals surface area contributed by atoms with Crippen molar-refractivity contribution in [2.75, 3.05) is 26.8 Å². The second kappa shape index (κ2) is 10.6. The molecule has 0 radical (unpaired) electrons. The van der Waals surface area contributed by atoms with E-state index in [1.807, 2.05) is 55.5 Å². The standard InChI is InChI=1S/C24H28ClN3O3/c1-4-23(29)27(13-14-31-3)16-24(30)28-22(18-11-9-17(2)10-12-18)15-21(26-28)19-7-5-6-8-20(19)25/h5-12,22H,4,13-16H2,1-3H3/t22-/m0/s1. The normalized spacial score (nSPS) is 15.7. The van der Waals surface area contributed by atoms with Crippen LogP contribution in [-0.2, 0) is 14.3 Å². The first-order valence-electron chi connectivity index (χ1n) is 10.4. The smallest absolute Gasteiger partial charge is 0.262 e. The molecule has 0 saturated carbocycles. The third-order valence-electron chi connectivity index (χ3n) is 5.36. The van der Waals surface area contributed by atoms with Crippen molar-refractivity contribution in [1.29, 1.82) is 0 Å². The van der Waals surface area contributed by atoms with Crippen LogP contribution in [0.3, 0.4) is 0 Å². The number of benzene rings is 2. The highest BCUT2D eigenvalue weighted by atomic mass is 35.5. The van der Waals surface area contributed by atoms with Gasteiger partial charge in [0.25, 0.3) is 5.91 Å². The van der Waals surface area contributed by atoms with Crippen LogP contribution in [0.15, 0.2) is 53.6 Å². The van der Waals surface area contributed by atoms with Gasteiger partial charge in [-0.2, -0.15) is 5.10 Å². The Morgan fingerprint density at radius 2 is 1.90 bits per heavy atom. The molecule has 2 aromatic carbocycles. The van der Waals surface area contributed by atoms with Gasteiger partial charge >= 0.3 is 0 Å². The minimum atomic E-state index is -0.250. The van der Waals surface area contributed by atoms with E-state index in [9.17, 15) is 9.59 Å². The minimum absolute atomic E-state index is 0.0440. The largest absolute Gasteiger partial charge is 0.383 e. The number of hydrogen-bond donors (Lipinski definition) is 0. The number of aryl methyl sites for hydroxylation is 1. The number of methoxy groups -OCH3 is 1. The number of rotatable bonds is 8. The van der Waals surface area contributed by atoms with E-state index < -0.39 is 0 Å². The fourth-order valence-corrected chi connectivity index (χ4v) is 3.84. The molecule has 7 heteroatoms. The number of hydrogen-bond acceptors (Lipinski definition) is 4. The fraction of sp³-hybridized carbons (Fsp3) is 0.375. The van der Waals surface area contributed by atoms with Crippen LogP contribution in [0.25, 0.3) is 0 Å². The van der Waals surface area contributed by atoms with Gasteiger partial charge in [0.1, 0.15) is 6.54 Å². The second-order valence-electron chi connectivity index (χ2n) is 7.56. The number of halogens is 1. The quantitative estimate of drug-likeness (QED) is 0.616. The van der Waals surface area contributed by atoms with Crippen LogP contribution in [0, 0.1) is 6.92 Å². The van der Waals surface area contributed by atoms with E-state index in [1.165, 1.54) is 9.91 Å². The lowest BCUT2D eigenvalue weighted by molar-refractivity contribution is -0.141. The molecule has 1 atom stereocenters. The summed E-state index contributed by atoms with van der Waals surface area (Å²) in [6.45, 7) is 4.49. The molecule has 2 aromatic rings. The third-order valence-corrected chi connectivity index (χ3v) is 5.69. The SMILES string of the molecule is CCC(=O)N(CCOC)CC(=O)N1N=C(c2ccccc2Cl)C[C@H]1c1ccc(C)cc1. The first-order valence-corrected chi connectivity index (χ1v) is 10.8. The molecule has 1 heterocycles. The predicted octanol–water partition coefficient (Wildman–Crippen LogP) is 4.21. The van der Waals surface area contributed by atoms with Crippen molar-refractivity contribution in [1.82, 2.24) is 9.91 Å². The Morgan fingerprint density at radius 1 is 1.19 bits per heavy atom. The van der Waals surface area contributed by atoms with E-state index in [4.69, 9.17) is 16.3 Å². The molecule has 0 spiro atoms. The van der Waals surface area contributed by atoms with Crippen LogP contribution in [0.5, 0.6) is 0 Å². The van der Waals surface area contributed by atoms with Crippen molar-refractivity contribution in [3.8, 4) is 0 Å². The van der Waals surface area contributed by atoms with E-state index in [0.29, 0.717) is 31.0 Å². The Balaban J connectivity index is 1.91. The van der Waals surface area contributed by atoms with Gasteiger partial charge in [-0.3, -0.25) is 9.59 Å². The molecule has 1 aliphatic heterocycles. The van der Waals surface area contributed by atoms with Crippen molar-refractivity contribution < 1.29 is 14.3 Å².